The highest BCUT2D eigenvalue weighted by Crippen LogP contribution is 2.39. The minimum atomic E-state index is -3.38. The lowest BCUT2D eigenvalue weighted by molar-refractivity contribution is -0.140. The van der Waals surface area contributed by atoms with Gasteiger partial charge in [0.15, 0.2) is 6.61 Å². The Balaban J connectivity index is 1.62. The van der Waals surface area contributed by atoms with Gasteiger partial charge in [-0.25, -0.2) is 13.1 Å². The second-order valence-electron chi connectivity index (χ2n) is 8.93. The second kappa shape index (κ2) is 8.85. The monoisotopic (exact) mass is 436 g/mol. The van der Waals surface area contributed by atoms with Crippen molar-refractivity contribution in [3.05, 3.63) is 29.3 Å². The lowest BCUT2D eigenvalue weighted by Crippen LogP contribution is -2.59. The van der Waals surface area contributed by atoms with Crippen molar-refractivity contribution in [3.63, 3.8) is 0 Å². The number of benzene rings is 1. The molecule has 1 aromatic rings. The third-order valence-electron chi connectivity index (χ3n) is 6.60. The van der Waals surface area contributed by atoms with E-state index >= 15 is 0 Å². The average Bonchev–Trinajstić information content (AvgIpc) is 2.71. The summed E-state index contributed by atoms with van der Waals surface area (Å²) in [6, 6.07) is 5.60. The first kappa shape index (κ1) is 21.6. The molecular formula is C22H32N2O5S. The molecule has 2 atom stereocenters. The molecule has 1 saturated carbocycles. The van der Waals surface area contributed by atoms with Gasteiger partial charge in [-0.2, -0.15) is 0 Å². The molecule has 0 radical (unpaired) electrons. The van der Waals surface area contributed by atoms with Gasteiger partial charge in [-0.05, 0) is 68.6 Å². The van der Waals surface area contributed by atoms with Crippen molar-refractivity contribution in [1.82, 2.24) is 9.62 Å². The van der Waals surface area contributed by atoms with Crippen LogP contribution in [0.5, 0.6) is 5.75 Å². The van der Waals surface area contributed by atoms with Crippen LogP contribution in [0.2, 0.25) is 0 Å². The zero-order valence-electron chi connectivity index (χ0n) is 17.8. The van der Waals surface area contributed by atoms with Crippen molar-refractivity contribution < 1.29 is 22.7 Å². The van der Waals surface area contributed by atoms with Crippen LogP contribution in [0.4, 0.5) is 0 Å². The fourth-order valence-electron chi connectivity index (χ4n) is 5.09. The smallest absolute Gasteiger partial charge is 0.260 e. The number of rotatable bonds is 2. The van der Waals surface area contributed by atoms with Gasteiger partial charge in [-0.1, -0.05) is 12.1 Å². The van der Waals surface area contributed by atoms with Crippen LogP contribution in [0.1, 0.15) is 55.6 Å². The van der Waals surface area contributed by atoms with E-state index in [1.54, 1.807) is 4.90 Å². The summed E-state index contributed by atoms with van der Waals surface area (Å²) in [5.41, 5.74) is 2.29. The van der Waals surface area contributed by atoms with Gasteiger partial charge in [-0.3, -0.25) is 4.79 Å². The molecule has 1 aromatic carbocycles. The molecule has 1 amide bonds. The van der Waals surface area contributed by atoms with Gasteiger partial charge < -0.3 is 14.4 Å². The zero-order chi connectivity index (χ0) is 21.3. The summed E-state index contributed by atoms with van der Waals surface area (Å²) in [6.07, 6.45) is 6.73. The Kier molecular flexibility index (Phi) is 6.36. The first-order chi connectivity index (χ1) is 14.3. The highest BCUT2D eigenvalue weighted by Gasteiger charge is 2.37. The highest BCUT2D eigenvalue weighted by atomic mass is 32.2. The summed E-state index contributed by atoms with van der Waals surface area (Å²) >= 11 is 0. The first-order valence-corrected chi connectivity index (χ1v) is 12.8. The predicted octanol–water partition coefficient (Wildman–Crippen LogP) is 2.34. The number of sulfonamides is 1. The average molecular weight is 437 g/mol. The van der Waals surface area contributed by atoms with E-state index in [0.29, 0.717) is 25.5 Å². The lowest BCUT2D eigenvalue weighted by atomic mass is 9.82. The molecule has 3 heterocycles. The number of hydrogen-bond acceptors (Lipinski definition) is 5. The van der Waals surface area contributed by atoms with E-state index in [-0.39, 0.29) is 30.7 Å². The SMILES string of the molecule is Cc1ccc2c(c1)OCC(=O)N1CCC[C@H](NS(C)(=O)=O)C1COC1CCC2CC1. The molecule has 2 fully saturated rings. The Bertz CT molecular complexity index is 880. The Hall–Kier alpha value is -1.64. The molecule has 1 saturated heterocycles. The van der Waals surface area contributed by atoms with Crippen LogP contribution < -0.4 is 9.46 Å². The number of carbonyl (C=O) groups is 1. The quantitative estimate of drug-likeness (QED) is 0.769. The molecule has 1 N–H and O–H groups in total. The minimum absolute atomic E-state index is 0.0469. The number of nitrogens with zero attached hydrogens (tertiary/aromatic N) is 1. The second-order valence-corrected chi connectivity index (χ2v) is 10.7. The van der Waals surface area contributed by atoms with Crippen LogP contribution in [0, 0.1) is 6.92 Å². The van der Waals surface area contributed by atoms with E-state index < -0.39 is 10.0 Å². The molecule has 1 unspecified atom stereocenters. The molecule has 8 heteroatoms. The summed E-state index contributed by atoms with van der Waals surface area (Å²) in [7, 11) is -3.38. The number of carbonyl (C=O) groups excluding carboxylic acids is 1. The minimum Gasteiger partial charge on any atom is -0.483 e. The van der Waals surface area contributed by atoms with Gasteiger partial charge >= 0.3 is 0 Å². The Morgan fingerprint density at radius 3 is 2.63 bits per heavy atom. The number of amides is 1. The van der Waals surface area contributed by atoms with Crippen LogP contribution in [0.25, 0.3) is 0 Å². The molecule has 7 nitrogen and oxygen atoms in total. The summed E-state index contributed by atoms with van der Waals surface area (Å²) in [5.74, 6) is 1.09. The van der Waals surface area contributed by atoms with Gasteiger partial charge in [0.2, 0.25) is 10.0 Å². The van der Waals surface area contributed by atoms with Crippen LogP contribution >= 0.6 is 0 Å². The number of nitrogens with one attached hydrogen (secondary N) is 1. The van der Waals surface area contributed by atoms with Gasteiger partial charge in [0, 0.05) is 12.6 Å². The highest BCUT2D eigenvalue weighted by molar-refractivity contribution is 7.88. The summed E-state index contributed by atoms with van der Waals surface area (Å²) in [6.45, 7) is 2.92. The molecule has 166 valence electrons. The molecular weight excluding hydrogens is 404 g/mol. The van der Waals surface area contributed by atoms with E-state index in [9.17, 15) is 13.2 Å². The number of piperidine rings is 1. The zero-order valence-corrected chi connectivity index (χ0v) is 18.6. The fraction of sp³-hybridized carbons (Fsp3) is 0.682. The Morgan fingerprint density at radius 1 is 1.13 bits per heavy atom. The fourth-order valence-corrected chi connectivity index (χ4v) is 5.91. The van der Waals surface area contributed by atoms with E-state index in [4.69, 9.17) is 9.47 Å². The van der Waals surface area contributed by atoms with Gasteiger partial charge in [0.1, 0.15) is 5.75 Å². The molecule has 2 bridgehead atoms. The molecule has 0 aromatic heterocycles. The van der Waals surface area contributed by atoms with E-state index in [1.165, 1.54) is 5.56 Å². The normalized spacial score (nSPS) is 30.3. The van der Waals surface area contributed by atoms with Crippen LogP contribution in [0.3, 0.4) is 0 Å². The molecule has 1 aliphatic carbocycles. The van der Waals surface area contributed by atoms with Crippen LogP contribution in [-0.4, -0.2) is 63.4 Å². The number of aryl methyl sites for hydroxylation is 1. The summed E-state index contributed by atoms with van der Waals surface area (Å²) in [5, 5.41) is 0. The number of fused-ring (bicyclic) bond motifs is 5. The molecule has 30 heavy (non-hydrogen) atoms. The number of ether oxygens (including phenoxy) is 2. The van der Waals surface area contributed by atoms with Crippen molar-refractivity contribution in [2.24, 2.45) is 0 Å². The summed E-state index contributed by atoms with van der Waals surface area (Å²) < 4.78 is 38.8. The maximum Gasteiger partial charge on any atom is 0.260 e. The third-order valence-corrected chi connectivity index (χ3v) is 7.33. The third kappa shape index (κ3) is 4.98. The lowest BCUT2D eigenvalue weighted by Gasteiger charge is -2.41. The maximum absolute atomic E-state index is 13.1. The predicted molar refractivity (Wildman–Crippen MR) is 114 cm³/mol. The van der Waals surface area contributed by atoms with E-state index in [1.807, 2.05) is 13.0 Å². The van der Waals surface area contributed by atoms with Crippen molar-refractivity contribution >= 4 is 15.9 Å². The molecule has 5 rings (SSSR count). The van der Waals surface area contributed by atoms with Gasteiger partial charge in [-0.15, -0.1) is 0 Å². The largest absolute Gasteiger partial charge is 0.483 e. The maximum atomic E-state index is 13.1. The molecule has 0 spiro atoms. The van der Waals surface area contributed by atoms with Crippen molar-refractivity contribution in [1.29, 1.82) is 0 Å². The number of hydrogen-bond donors (Lipinski definition) is 1. The van der Waals surface area contributed by atoms with Gasteiger partial charge in [0.05, 0.1) is 25.0 Å². The van der Waals surface area contributed by atoms with E-state index in [2.05, 4.69) is 16.9 Å². The van der Waals surface area contributed by atoms with Crippen molar-refractivity contribution in [2.75, 3.05) is 26.0 Å². The van der Waals surface area contributed by atoms with E-state index in [0.717, 1.165) is 49.7 Å². The molecule has 4 aliphatic rings. The van der Waals surface area contributed by atoms with Crippen LogP contribution in [0.15, 0.2) is 18.2 Å². The summed E-state index contributed by atoms with van der Waals surface area (Å²) in [4.78, 5) is 14.9. The molecule has 3 aliphatic heterocycles. The standard InChI is InChI=1S/C22H32N2O5S/c1-15-5-10-18-16-6-8-17(9-7-16)28-13-20-19(23-30(2,26)27)4-3-11-24(20)22(25)14-29-21(18)12-15/h5,10,12,16-17,19-20,23H,3-4,6-9,11,13-14H2,1-2H3/t16?,17?,19-,20?/m0/s1. The topological polar surface area (TPSA) is 84.9 Å². The van der Waals surface area contributed by atoms with Crippen molar-refractivity contribution in [3.8, 4) is 5.75 Å². The Labute approximate surface area is 179 Å². The Morgan fingerprint density at radius 2 is 1.90 bits per heavy atom. The van der Waals surface area contributed by atoms with Crippen LogP contribution in [-0.2, 0) is 19.6 Å². The first-order valence-electron chi connectivity index (χ1n) is 10.9. The van der Waals surface area contributed by atoms with Crippen molar-refractivity contribution in [2.45, 2.75) is 69.6 Å². The van der Waals surface area contributed by atoms with Gasteiger partial charge in [0.25, 0.3) is 5.91 Å².